The van der Waals surface area contributed by atoms with Crippen LogP contribution in [0.4, 0.5) is 16.4 Å². The summed E-state index contributed by atoms with van der Waals surface area (Å²) in [4.78, 5) is 20.1. The Hall–Kier alpha value is -2.68. The minimum absolute atomic E-state index is 0.0596. The average Bonchev–Trinajstić information content (AvgIpc) is 3.02. The minimum atomic E-state index is -0.309. The standard InChI is InChI=1S/C18H24N6O3/c1-18(5-6-18)22-17(26)27-12-3-2-11(8-12)13-9-15(24-23-13)20-14-4-7-19-16(10-25)21-14/h4,7,9,11-12,25H,2-3,5-6,8,10H2,1H3,(H,22,26)(H2,19,20,21,23,24)/t11-,12+/m0/s1. The lowest BCUT2D eigenvalue weighted by atomic mass is 10.0. The van der Waals surface area contributed by atoms with Gasteiger partial charge in [-0.1, -0.05) is 0 Å². The van der Waals surface area contributed by atoms with Crippen LogP contribution in [-0.4, -0.2) is 43.0 Å². The Morgan fingerprint density at radius 3 is 3.04 bits per heavy atom. The lowest BCUT2D eigenvalue weighted by Crippen LogP contribution is -2.36. The second-order valence-electron chi connectivity index (χ2n) is 7.57. The van der Waals surface area contributed by atoms with Crippen molar-refractivity contribution in [3.8, 4) is 0 Å². The molecular weight excluding hydrogens is 348 g/mol. The maximum absolute atomic E-state index is 12.0. The van der Waals surface area contributed by atoms with Crippen molar-refractivity contribution in [2.45, 2.75) is 63.2 Å². The second-order valence-corrected chi connectivity index (χ2v) is 7.57. The largest absolute Gasteiger partial charge is 0.446 e. The molecule has 0 bridgehead atoms. The van der Waals surface area contributed by atoms with Crippen molar-refractivity contribution in [1.29, 1.82) is 0 Å². The number of hydrogen-bond donors (Lipinski definition) is 4. The predicted octanol–water partition coefficient (Wildman–Crippen LogP) is 2.35. The summed E-state index contributed by atoms with van der Waals surface area (Å²) in [6.45, 7) is 1.82. The molecule has 0 aliphatic heterocycles. The Labute approximate surface area is 156 Å². The third kappa shape index (κ3) is 4.36. The third-order valence-corrected chi connectivity index (χ3v) is 5.20. The summed E-state index contributed by atoms with van der Waals surface area (Å²) in [5.74, 6) is 1.85. The minimum Gasteiger partial charge on any atom is -0.446 e. The Balaban J connectivity index is 1.31. The lowest BCUT2D eigenvalue weighted by molar-refractivity contribution is 0.0967. The molecule has 0 unspecified atom stereocenters. The molecule has 2 aliphatic carbocycles. The quantitative estimate of drug-likeness (QED) is 0.613. The molecule has 2 heterocycles. The van der Waals surface area contributed by atoms with Crippen LogP contribution >= 0.6 is 0 Å². The second kappa shape index (κ2) is 7.15. The van der Waals surface area contributed by atoms with Crippen molar-refractivity contribution in [3.63, 3.8) is 0 Å². The first-order chi connectivity index (χ1) is 13.0. The summed E-state index contributed by atoms with van der Waals surface area (Å²) in [6.07, 6.45) is 5.83. The molecule has 2 aliphatic rings. The van der Waals surface area contributed by atoms with Crippen LogP contribution in [0.25, 0.3) is 0 Å². The topological polar surface area (TPSA) is 125 Å². The van der Waals surface area contributed by atoms with Crippen molar-refractivity contribution in [2.75, 3.05) is 5.32 Å². The third-order valence-electron chi connectivity index (χ3n) is 5.20. The number of rotatable bonds is 6. The van der Waals surface area contributed by atoms with Crippen LogP contribution < -0.4 is 10.6 Å². The zero-order chi connectivity index (χ0) is 18.9. The highest BCUT2D eigenvalue weighted by Gasteiger charge is 2.40. The van der Waals surface area contributed by atoms with E-state index in [0.717, 1.165) is 37.8 Å². The Morgan fingerprint density at radius 2 is 2.26 bits per heavy atom. The van der Waals surface area contributed by atoms with E-state index < -0.39 is 0 Å². The molecule has 9 nitrogen and oxygen atoms in total. The number of aliphatic hydroxyl groups excluding tert-OH is 1. The van der Waals surface area contributed by atoms with Gasteiger partial charge in [0.2, 0.25) is 0 Å². The molecule has 1 amide bonds. The van der Waals surface area contributed by atoms with Gasteiger partial charge in [-0.05, 0) is 45.1 Å². The number of H-pyrrole nitrogens is 1. The summed E-state index contributed by atoms with van der Waals surface area (Å²) in [5, 5.41) is 22.5. The predicted molar refractivity (Wildman–Crippen MR) is 97.5 cm³/mol. The van der Waals surface area contributed by atoms with E-state index in [9.17, 15) is 4.79 Å². The number of nitrogens with zero attached hydrogens (tertiary/aromatic N) is 3. The SMILES string of the molecule is CC1(NC(=O)O[C@@H]2CC[C@H](c3cc(Nc4ccnc(CO)n4)n[nH]3)C2)CC1. The molecule has 144 valence electrons. The van der Waals surface area contributed by atoms with Gasteiger partial charge in [0.1, 0.15) is 18.5 Å². The summed E-state index contributed by atoms with van der Waals surface area (Å²) in [5.41, 5.74) is 0.949. The van der Waals surface area contributed by atoms with Gasteiger partial charge in [-0.15, -0.1) is 0 Å². The number of carbonyl (C=O) groups excluding carboxylic acids is 1. The van der Waals surface area contributed by atoms with E-state index in [1.54, 1.807) is 12.3 Å². The first-order valence-electron chi connectivity index (χ1n) is 9.27. The van der Waals surface area contributed by atoms with Gasteiger partial charge in [0, 0.05) is 29.4 Å². The van der Waals surface area contributed by atoms with E-state index >= 15 is 0 Å². The van der Waals surface area contributed by atoms with E-state index in [-0.39, 0.29) is 30.3 Å². The number of nitrogens with one attached hydrogen (secondary N) is 3. The van der Waals surface area contributed by atoms with Gasteiger partial charge in [-0.25, -0.2) is 14.8 Å². The Bertz CT molecular complexity index is 819. The number of aromatic nitrogens is 4. The number of ether oxygens (including phenoxy) is 1. The number of amides is 1. The first kappa shape index (κ1) is 17.7. The van der Waals surface area contributed by atoms with Crippen molar-refractivity contribution in [1.82, 2.24) is 25.5 Å². The highest BCUT2D eigenvalue weighted by molar-refractivity contribution is 5.69. The van der Waals surface area contributed by atoms with Gasteiger partial charge in [-0.3, -0.25) is 5.10 Å². The maximum Gasteiger partial charge on any atom is 0.407 e. The summed E-state index contributed by atoms with van der Waals surface area (Å²) in [6, 6.07) is 3.66. The van der Waals surface area contributed by atoms with E-state index in [2.05, 4.69) is 30.8 Å². The molecule has 0 saturated heterocycles. The van der Waals surface area contributed by atoms with Crippen molar-refractivity contribution in [3.05, 3.63) is 29.8 Å². The van der Waals surface area contributed by atoms with Crippen LogP contribution in [-0.2, 0) is 11.3 Å². The van der Waals surface area contributed by atoms with Crippen molar-refractivity contribution >= 4 is 17.7 Å². The smallest absolute Gasteiger partial charge is 0.407 e. The monoisotopic (exact) mass is 372 g/mol. The number of carbonyl (C=O) groups is 1. The number of anilines is 2. The molecule has 0 aromatic carbocycles. The Kier molecular flexibility index (Phi) is 4.69. The molecule has 2 aromatic rings. The molecule has 2 atom stereocenters. The highest BCUT2D eigenvalue weighted by atomic mass is 16.6. The molecule has 4 N–H and O–H groups in total. The molecule has 0 spiro atoms. The summed E-state index contributed by atoms with van der Waals surface area (Å²) < 4.78 is 5.57. The zero-order valence-corrected chi connectivity index (χ0v) is 15.2. The number of aliphatic hydroxyl groups is 1. The van der Waals surface area contributed by atoms with Crippen LogP contribution in [0.3, 0.4) is 0 Å². The molecular formula is C18H24N6O3. The number of alkyl carbamates (subject to hydrolysis) is 1. The van der Waals surface area contributed by atoms with Gasteiger partial charge in [0.15, 0.2) is 11.6 Å². The normalized spacial score (nSPS) is 23.0. The van der Waals surface area contributed by atoms with Crippen molar-refractivity contribution < 1.29 is 14.6 Å². The molecule has 0 radical (unpaired) electrons. The van der Waals surface area contributed by atoms with E-state index in [1.165, 1.54) is 0 Å². The highest BCUT2D eigenvalue weighted by Crippen LogP contribution is 2.37. The lowest BCUT2D eigenvalue weighted by Gasteiger charge is -2.16. The van der Waals surface area contributed by atoms with E-state index in [4.69, 9.17) is 9.84 Å². The summed E-state index contributed by atoms with van der Waals surface area (Å²) >= 11 is 0. The molecule has 2 fully saturated rings. The van der Waals surface area contributed by atoms with E-state index in [1.807, 2.05) is 13.0 Å². The molecule has 4 rings (SSSR count). The van der Waals surface area contributed by atoms with Gasteiger partial charge < -0.3 is 20.5 Å². The molecule has 9 heteroatoms. The van der Waals surface area contributed by atoms with Gasteiger partial charge in [0.05, 0.1) is 0 Å². The zero-order valence-electron chi connectivity index (χ0n) is 15.2. The van der Waals surface area contributed by atoms with Crippen LogP contribution in [0.2, 0.25) is 0 Å². The van der Waals surface area contributed by atoms with E-state index in [0.29, 0.717) is 17.5 Å². The summed E-state index contributed by atoms with van der Waals surface area (Å²) in [7, 11) is 0. The first-order valence-corrected chi connectivity index (χ1v) is 9.27. The number of hydrogen-bond acceptors (Lipinski definition) is 7. The van der Waals surface area contributed by atoms with Gasteiger partial charge in [-0.2, -0.15) is 5.10 Å². The fraction of sp³-hybridized carbons (Fsp3) is 0.556. The van der Waals surface area contributed by atoms with Crippen molar-refractivity contribution in [2.24, 2.45) is 0 Å². The van der Waals surface area contributed by atoms with Gasteiger partial charge in [0.25, 0.3) is 0 Å². The van der Waals surface area contributed by atoms with Crippen LogP contribution in [0.5, 0.6) is 0 Å². The maximum atomic E-state index is 12.0. The fourth-order valence-electron chi connectivity index (χ4n) is 3.36. The number of aromatic amines is 1. The van der Waals surface area contributed by atoms with Gasteiger partial charge >= 0.3 is 6.09 Å². The van der Waals surface area contributed by atoms with Crippen LogP contribution in [0.1, 0.15) is 56.5 Å². The van der Waals surface area contributed by atoms with Crippen LogP contribution in [0, 0.1) is 0 Å². The Morgan fingerprint density at radius 1 is 1.41 bits per heavy atom. The molecule has 2 aromatic heterocycles. The average molecular weight is 372 g/mol. The molecule has 27 heavy (non-hydrogen) atoms. The van der Waals surface area contributed by atoms with Crippen LogP contribution in [0.15, 0.2) is 18.3 Å². The molecule has 2 saturated carbocycles. The fourth-order valence-corrected chi connectivity index (χ4v) is 3.36.